The fourth-order valence-electron chi connectivity index (χ4n) is 1.45. The van der Waals surface area contributed by atoms with Crippen LogP contribution >= 0.6 is 0 Å². The minimum absolute atomic E-state index is 0.0273. The molecular formula is C13H19N3O2. The molecule has 5 heteroatoms. The molecule has 18 heavy (non-hydrogen) atoms. The molecule has 0 aliphatic heterocycles. The molecule has 0 saturated heterocycles. The van der Waals surface area contributed by atoms with Crippen LogP contribution in [0.5, 0.6) is 0 Å². The van der Waals surface area contributed by atoms with Gasteiger partial charge in [0.1, 0.15) is 0 Å². The highest BCUT2D eigenvalue weighted by atomic mass is 16.2. The van der Waals surface area contributed by atoms with Gasteiger partial charge in [0.05, 0.1) is 6.54 Å². The normalized spacial score (nSPS) is 10.2. The molecule has 4 N–H and O–H groups in total. The number of nitrogens with two attached hydrogens (primary N) is 1. The third kappa shape index (κ3) is 4.08. The van der Waals surface area contributed by atoms with Crippen LogP contribution in [0.2, 0.25) is 0 Å². The number of anilines is 1. The van der Waals surface area contributed by atoms with Crippen LogP contribution in [-0.2, 0) is 4.79 Å². The van der Waals surface area contributed by atoms with E-state index in [0.717, 1.165) is 5.56 Å². The second-order valence-corrected chi connectivity index (χ2v) is 4.48. The van der Waals surface area contributed by atoms with Gasteiger partial charge in [0.2, 0.25) is 5.91 Å². The zero-order valence-electron chi connectivity index (χ0n) is 10.9. The standard InChI is InChI=1S/C13H19N3O2/c1-8(2)16-12(17)7-15-13(18)10-4-5-11(14)9(3)6-10/h4-6,8H,7,14H2,1-3H3,(H,15,18)(H,16,17). The van der Waals surface area contributed by atoms with E-state index in [1.165, 1.54) is 0 Å². The SMILES string of the molecule is Cc1cc(C(=O)NCC(=O)NC(C)C)ccc1N. The molecule has 5 nitrogen and oxygen atoms in total. The highest BCUT2D eigenvalue weighted by Crippen LogP contribution is 2.12. The van der Waals surface area contributed by atoms with Gasteiger partial charge in [-0.05, 0) is 44.5 Å². The van der Waals surface area contributed by atoms with Gasteiger partial charge in [-0.3, -0.25) is 9.59 Å². The Labute approximate surface area is 107 Å². The number of carbonyl (C=O) groups is 2. The monoisotopic (exact) mass is 249 g/mol. The van der Waals surface area contributed by atoms with Crippen molar-refractivity contribution in [3.63, 3.8) is 0 Å². The van der Waals surface area contributed by atoms with Crippen molar-refractivity contribution in [2.75, 3.05) is 12.3 Å². The first-order chi connectivity index (χ1) is 8.40. The Morgan fingerprint density at radius 3 is 2.56 bits per heavy atom. The third-order valence-corrected chi connectivity index (χ3v) is 2.39. The van der Waals surface area contributed by atoms with Gasteiger partial charge >= 0.3 is 0 Å². The van der Waals surface area contributed by atoms with Gasteiger partial charge in [0, 0.05) is 17.3 Å². The molecule has 0 spiro atoms. The summed E-state index contributed by atoms with van der Waals surface area (Å²) in [7, 11) is 0. The number of rotatable bonds is 4. The number of hydrogen-bond donors (Lipinski definition) is 3. The summed E-state index contributed by atoms with van der Waals surface area (Å²) < 4.78 is 0. The lowest BCUT2D eigenvalue weighted by atomic mass is 10.1. The summed E-state index contributed by atoms with van der Waals surface area (Å²) in [6.45, 7) is 5.53. The maximum atomic E-state index is 11.8. The van der Waals surface area contributed by atoms with Crippen LogP contribution in [0.25, 0.3) is 0 Å². The molecule has 1 aromatic rings. The first-order valence-corrected chi connectivity index (χ1v) is 5.84. The van der Waals surface area contributed by atoms with Gasteiger partial charge in [0.15, 0.2) is 0 Å². The van der Waals surface area contributed by atoms with E-state index in [1.54, 1.807) is 18.2 Å². The molecule has 0 saturated carbocycles. The maximum absolute atomic E-state index is 11.8. The molecule has 0 radical (unpaired) electrons. The highest BCUT2D eigenvalue weighted by Gasteiger charge is 2.09. The maximum Gasteiger partial charge on any atom is 0.251 e. The number of amides is 2. The Kier molecular flexibility index (Phi) is 4.71. The van der Waals surface area contributed by atoms with E-state index in [-0.39, 0.29) is 24.4 Å². The fourth-order valence-corrected chi connectivity index (χ4v) is 1.45. The van der Waals surface area contributed by atoms with E-state index in [9.17, 15) is 9.59 Å². The lowest BCUT2D eigenvalue weighted by Crippen LogP contribution is -2.39. The summed E-state index contributed by atoms with van der Waals surface area (Å²) in [5.74, 6) is -0.484. The summed E-state index contributed by atoms with van der Waals surface area (Å²) >= 11 is 0. The van der Waals surface area contributed by atoms with Gasteiger partial charge in [0.25, 0.3) is 5.91 Å². The molecule has 98 valence electrons. The molecule has 1 rings (SSSR count). The van der Waals surface area contributed by atoms with Crippen molar-refractivity contribution in [1.82, 2.24) is 10.6 Å². The molecular weight excluding hydrogens is 230 g/mol. The average molecular weight is 249 g/mol. The minimum Gasteiger partial charge on any atom is -0.399 e. The molecule has 0 atom stereocenters. The van der Waals surface area contributed by atoms with Crippen LogP contribution in [0.3, 0.4) is 0 Å². The summed E-state index contributed by atoms with van der Waals surface area (Å²) in [6.07, 6.45) is 0. The van der Waals surface area contributed by atoms with Crippen LogP contribution in [0.15, 0.2) is 18.2 Å². The molecule has 0 unspecified atom stereocenters. The Morgan fingerprint density at radius 1 is 1.33 bits per heavy atom. The number of nitrogens with one attached hydrogen (secondary N) is 2. The second-order valence-electron chi connectivity index (χ2n) is 4.48. The number of nitrogen functional groups attached to an aromatic ring is 1. The second kappa shape index (κ2) is 6.05. The van der Waals surface area contributed by atoms with Crippen LogP contribution in [0.4, 0.5) is 5.69 Å². The molecule has 0 aliphatic carbocycles. The van der Waals surface area contributed by atoms with E-state index in [4.69, 9.17) is 5.73 Å². The van der Waals surface area contributed by atoms with E-state index < -0.39 is 0 Å². The van der Waals surface area contributed by atoms with E-state index >= 15 is 0 Å². The summed E-state index contributed by atoms with van der Waals surface area (Å²) in [5, 5.41) is 5.26. The van der Waals surface area contributed by atoms with Crippen molar-refractivity contribution in [3.05, 3.63) is 29.3 Å². The predicted molar refractivity (Wildman–Crippen MR) is 71.2 cm³/mol. The van der Waals surface area contributed by atoms with Crippen molar-refractivity contribution < 1.29 is 9.59 Å². The number of hydrogen-bond acceptors (Lipinski definition) is 3. The van der Waals surface area contributed by atoms with Gasteiger partial charge in [-0.15, -0.1) is 0 Å². The topological polar surface area (TPSA) is 84.2 Å². The molecule has 0 aromatic heterocycles. The smallest absolute Gasteiger partial charge is 0.251 e. The number of aryl methyl sites for hydroxylation is 1. The molecule has 0 aliphatic rings. The zero-order valence-corrected chi connectivity index (χ0v) is 10.9. The van der Waals surface area contributed by atoms with Crippen molar-refractivity contribution in [2.45, 2.75) is 26.8 Å². The highest BCUT2D eigenvalue weighted by molar-refractivity contribution is 5.97. The van der Waals surface area contributed by atoms with Gasteiger partial charge in [-0.25, -0.2) is 0 Å². The average Bonchev–Trinajstić information content (AvgIpc) is 2.28. The third-order valence-electron chi connectivity index (χ3n) is 2.39. The summed E-state index contributed by atoms with van der Waals surface area (Å²) in [4.78, 5) is 23.1. The van der Waals surface area contributed by atoms with E-state index in [1.807, 2.05) is 20.8 Å². The molecule has 0 bridgehead atoms. The van der Waals surface area contributed by atoms with E-state index in [0.29, 0.717) is 11.3 Å². The van der Waals surface area contributed by atoms with Gasteiger partial charge in [-0.2, -0.15) is 0 Å². The first kappa shape index (κ1) is 14.0. The quantitative estimate of drug-likeness (QED) is 0.691. The predicted octanol–water partition coefficient (Wildman–Crippen LogP) is 0.832. The summed E-state index contributed by atoms with van der Waals surface area (Å²) in [5.41, 5.74) is 7.65. The minimum atomic E-state index is -0.281. The fraction of sp³-hybridized carbons (Fsp3) is 0.385. The van der Waals surface area contributed by atoms with Crippen LogP contribution in [0.1, 0.15) is 29.8 Å². The Hall–Kier alpha value is -2.04. The zero-order chi connectivity index (χ0) is 13.7. The van der Waals surface area contributed by atoms with Crippen LogP contribution < -0.4 is 16.4 Å². The lowest BCUT2D eigenvalue weighted by molar-refractivity contribution is -0.120. The van der Waals surface area contributed by atoms with Crippen molar-refractivity contribution in [2.24, 2.45) is 0 Å². The molecule has 0 fully saturated rings. The largest absolute Gasteiger partial charge is 0.399 e. The van der Waals surface area contributed by atoms with E-state index in [2.05, 4.69) is 10.6 Å². The number of benzene rings is 1. The van der Waals surface area contributed by atoms with Crippen molar-refractivity contribution >= 4 is 17.5 Å². The first-order valence-electron chi connectivity index (χ1n) is 5.84. The van der Waals surface area contributed by atoms with Gasteiger partial charge < -0.3 is 16.4 Å². The molecule has 2 amide bonds. The van der Waals surface area contributed by atoms with Crippen molar-refractivity contribution in [3.8, 4) is 0 Å². The molecule has 0 heterocycles. The Morgan fingerprint density at radius 2 is 2.00 bits per heavy atom. The Balaban J connectivity index is 2.55. The van der Waals surface area contributed by atoms with Gasteiger partial charge in [-0.1, -0.05) is 0 Å². The number of carbonyl (C=O) groups excluding carboxylic acids is 2. The van der Waals surface area contributed by atoms with Crippen LogP contribution in [0, 0.1) is 6.92 Å². The van der Waals surface area contributed by atoms with Crippen LogP contribution in [-0.4, -0.2) is 24.4 Å². The molecule has 1 aromatic carbocycles. The van der Waals surface area contributed by atoms with Crippen molar-refractivity contribution in [1.29, 1.82) is 0 Å². The lowest BCUT2D eigenvalue weighted by Gasteiger charge is -2.10. The Bertz CT molecular complexity index is 456. The summed E-state index contributed by atoms with van der Waals surface area (Å²) in [6, 6.07) is 5.08.